The Hall–Kier alpha value is -0.0800. The molecule has 1 heterocycles. The van der Waals surface area contributed by atoms with E-state index in [1.54, 1.807) is 0 Å². The number of hydrogen-bond acceptors (Lipinski definition) is 2. The molecular formula is C11H24N2. The van der Waals surface area contributed by atoms with Crippen LogP contribution in [0.5, 0.6) is 0 Å². The monoisotopic (exact) mass is 184 g/mol. The molecule has 0 amide bonds. The molecule has 0 saturated carbocycles. The van der Waals surface area contributed by atoms with Gasteiger partial charge in [-0.15, -0.1) is 0 Å². The lowest BCUT2D eigenvalue weighted by atomic mass is 10.0. The van der Waals surface area contributed by atoms with Crippen molar-refractivity contribution in [1.82, 2.24) is 10.2 Å². The molecule has 1 aliphatic heterocycles. The Bertz CT molecular complexity index is 149. The Morgan fingerprint density at radius 1 is 1.23 bits per heavy atom. The van der Waals surface area contributed by atoms with Gasteiger partial charge in [0.1, 0.15) is 0 Å². The van der Waals surface area contributed by atoms with Gasteiger partial charge < -0.3 is 5.32 Å². The second-order valence-corrected chi connectivity index (χ2v) is 5.11. The minimum atomic E-state index is 0.330. The lowest BCUT2D eigenvalue weighted by Gasteiger charge is -2.41. The highest BCUT2D eigenvalue weighted by Crippen LogP contribution is 2.19. The molecule has 2 nitrogen and oxygen atoms in total. The molecule has 1 unspecified atom stereocenters. The van der Waals surface area contributed by atoms with Crippen molar-refractivity contribution in [3.8, 4) is 0 Å². The minimum Gasteiger partial charge on any atom is -0.317 e. The Morgan fingerprint density at radius 2 is 1.92 bits per heavy atom. The van der Waals surface area contributed by atoms with Crippen LogP contribution in [0.3, 0.4) is 0 Å². The summed E-state index contributed by atoms with van der Waals surface area (Å²) in [6.45, 7) is 12.9. The topological polar surface area (TPSA) is 15.3 Å². The zero-order valence-electron chi connectivity index (χ0n) is 9.56. The molecule has 1 aliphatic rings. The van der Waals surface area contributed by atoms with Crippen LogP contribution >= 0.6 is 0 Å². The van der Waals surface area contributed by atoms with Gasteiger partial charge in [0, 0.05) is 18.1 Å². The molecule has 13 heavy (non-hydrogen) atoms. The van der Waals surface area contributed by atoms with E-state index in [0.29, 0.717) is 11.6 Å². The smallest absolute Gasteiger partial charge is 0.0127 e. The molecule has 0 aromatic rings. The second-order valence-electron chi connectivity index (χ2n) is 5.11. The van der Waals surface area contributed by atoms with E-state index >= 15 is 0 Å². The zero-order valence-corrected chi connectivity index (χ0v) is 9.56. The highest BCUT2D eigenvalue weighted by molar-refractivity contribution is 4.82. The fourth-order valence-corrected chi connectivity index (χ4v) is 2.18. The number of hydrogen-bond donors (Lipinski definition) is 1. The molecule has 1 rings (SSSR count). The number of nitrogens with zero attached hydrogens (tertiary/aromatic N) is 1. The lowest BCUT2D eigenvalue weighted by molar-refractivity contribution is 0.0785. The standard InChI is InChI=1S/C11H24N2/c1-10-6-8-12-7-5-9-13(10)11(2,3)4/h10,12H,5-9H2,1-4H3. The highest BCUT2D eigenvalue weighted by atomic mass is 15.2. The molecule has 0 aromatic heterocycles. The lowest BCUT2D eigenvalue weighted by Crippen LogP contribution is -2.50. The Kier molecular flexibility index (Phi) is 3.74. The first-order chi connectivity index (χ1) is 6.02. The first-order valence-electron chi connectivity index (χ1n) is 5.49. The minimum absolute atomic E-state index is 0.330. The normalized spacial score (nSPS) is 28.2. The largest absolute Gasteiger partial charge is 0.317 e. The predicted octanol–water partition coefficient (Wildman–Crippen LogP) is 1.86. The van der Waals surface area contributed by atoms with E-state index in [9.17, 15) is 0 Å². The van der Waals surface area contributed by atoms with Gasteiger partial charge in [0.15, 0.2) is 0 Å². The van der Waals surface area contributed by atoms with Crippen LogP contribution in [0.4, 0.5) is 0 Å². The third-order valence-electron chi connectivity index (χ3n) is 2.89. The van der Waals surface area contributed by atoms with Crippen LogP contribution in [0, 0.1) is 0 Å². The van der Waals surface area contributed by atoms with Crippen LogP contribution in [0.1, 0.15) is 40.5 Å². The zero-order chi connectivity index (χ0) is 9.90. The average Bonchev–Trinajstić information content (AvgIpc) is 1.94. The van der Waals surface area contributed by atoms with Gasteiger partial charge in [-0.2, -0.15) is 0 Å². The van der Waals surface area contributed by atoms with Gasteiger partial charge in [-0.25, -0.2) is 0 Å². The van der Waals surface area contributed by atoms with Crippen LogP contribution in [-0.4, -0.2) is 36.1 Å². The summed E-state index contributed by atoms with van der Waals surface area (Å²) in [4.78, 5) is 2.63. The van der Waals surface area contributed by atoms with Crippen LogP contribution in [0.2, 0.25) is 0 Å². The Labute approximate surface area is 82.7 Å². The molecule has 1 fully saturated rings. The van der Waals surface area contributed by atoms with E-state index in [1.165, 1.54) is 32.5 Å². The fraction of sp³-hybridized carbons (Fsp3) is 1.00. The SMILES string of the molecule is CC1CCNCCCN1C(C)(C)C. The molecule has 1 atom stereocenters. The van der Waals surface area contributed by atoms with Gasteiger partial charge in [0.25, 0.3) is 0 Å². The molecule has 1 saturated heterocycles. The molecule has 78 valence electrons. The summed E-state index contributed by atoms with van der Waals surface area (Å²) in [6, 6.07) is 0.716. The Morgan fingerprint density at radius 3 is 2.54 bits per heavy atom. The van der Waals surface area contributed by atoms with Gasteiger partial charge in [-0.1, -0.05) is 0 Å². The molecule has 0 aromatic carbocycles. The summed E-state index contributed by atoms with van der Waals surface area (Å²) in [7, 11) is 0. The third-order valence-corrected chi connectivity index (χ3v) is 2.89. The van der Waals surface area contributed by atoms with Crippen molar-refractivity contribution >= 4 is 0 Å². The van der Waals surface area contributed by atoms with Crippen molar-refractivity contribution in [1.29, 1.82) is 0 Å². The molecule has 1 N–H and O–H groups in total. The van der Waals surface area contributed by atoms with Crippen molar-refractivity contribution in [2.24, 2.45) is 0 Å². The van der Waals surface area contributed by atoms with Crippen LogP contribution in [0.15, 0.2) is 0 Å². The van der Waals surface area contributed by atoms with Crippen molar-refractivity contribution in [2.45, 2.75) is 52.1 Å². The van der Waals surface area contributed by atoms with Gasteiger partial charge in [-0.05, 0) is 53.6 Å². The molecule has 0 radical (unpaired) electrons. The van der Waals surface area contributed by atoms with E-state index in [4.69, 9.17) is 0 Å². The van der Waals surface area contributed by atoms with E-state index in [-0.39, 0.29) is 0 Å². The van der Waals surface area contributed by atoms with Crippen molar-refractivity contribution in [2.75, 3.05) is 19.6 Å². The maximum Gasteiger partial charge on any atom is 0.0127 e. The summed E-state index contributed by atoms with van der Waals surface area (Å²) in [5.41, 5.74) is 0.330. The number of nitrogens with one attached hydrogen (secondary N) is 1. The van der Waals surface area contributed by atoms with E-state index in [2.05, 4.69) is 37.9 Å². The summed E-state index contributed by atoms with van der Waals surface area (Å²) >= 11 is 0. The quantitative estimate of drug-likeness (QED) is 0.618. The summed E-state index contributed by atoms with van der Waals surface area (Å²) in [5.74, 6) is 0. The van der Waals surface area contributed by atoms with Crippen LogP contribution < -0.4 is 5.32 Å². The summed E-state index contributed by atoms with van der Waals surface area (Å²) < 4.78 is 0. The number of rotatable bonds is 0. The first kappa shape index (κ1) is 11.0. The second kappa shape index (κ2) is 4.43. The van der Waals surface area contributed by atoms with E-state index in [1.807, 2.05) is 0 Å². The molecule has 2 heteroatoms. The van der Waals surface area contributed by atoms with Crippen LogP contribution in [-0.2, 0) is 0 Å². The van der Waals surface area contributed by atoms with E-state index in [0.717, 1.165) is 0 Å². The van der Waals surface area contributed by atoms with Crippen LogP contribution in [0.25, 0.3) is 0 Å². The fourth-order valence-electron chi connectivity index (χ4n) is 2.18. The highest BCUT2D eigenvalue weighted by Gasteiger charge is 2.25. The predicted molar refractivity (Wildman–Crippen MR) is 58.0 cm³/mol. The van der Waals surface area contributed by atoms with Gasteiger partial charge in [-0.3, -0.25) is 4.90 Å². The third kappa shape index (κ3) is 3.28. The van der Waals surface area contributed by atoms with E-state index < -0.39 is 0 Å². The molecule has 0 aliphatic carbocycles. The average molecular weight is 184 g/mol. The maximum atomic E-state index is 3.46. The maximum absolute atomic E-state index is 3.46. The Balaban J connectivity index is 2.56. The van der Waals surface area contributed by atoms with Gasteiger partial charge in [0.2, 0.25) is 0 Å². The van der Waals surface area contributed by atoms with Crippen molar-refractivity contribution in [3.63, 3.8) is 0 Å². The van der Waals surface area contributed by atoms with Gasteiger partial charge >= 0.3 is 0 Å². The summed E-state index contributed by atoms with van der Waals surface area (Å²) in [6.07, 6.45) is 2.55. The molecular weight excluding hydrogens is 160 g/mol. The van der Waals surface area contributed by atoms with Crippen molar-refractivity contribution in [3.05, 3.63) is 0 Å². The first-order valence-corrected chi connectivity index (χ1v) is 5.49. The molecule has 0 bridgehead atoms. The molecule has 0 spiro atoms. The van der Waals surface area contributed by atoms with Crippen molar-refractivity contribution < 1.29 is 0 Å². The summed E-state index contributed by atoms with van der Waals surface area (Å²) in [5, 5.41) is 3.46. The van der Waals surface area contributed by atoms with Gasteiger partial charge in [0.05, 0.1) is 0 Å².